The average molecular weight is 251 g/mol. The highest BCUT2D eigenvalue weighted by molar-refractivity contribution is 5.77. The molecule has 1 heterocycles. The summed E-state index contributed by atoms with van der Waals surface area (Å²) in [5.74, 6) is 0.961. The Morgan fingerprint density at radius 3 is 2.74 bits per heavy atom. The lowest BCUT2D eigenvalue weighted by atomic mass is 10.1. The topological polar surface area (TPSA) is 25.2 Å². The summed E-state index contributed by atoms with van der Waals surface area (Å²) in [5, 5.41) is 4.56. The van der Waals surface area contributed by atoms with Crippen LogP contribution in [0.25, 0.3) is 11.0 Å². The van der Waals surface area contributed by atoms with Crippen LogP contribution in [0.5, 0.6) is 0 Å². The fourth-order valence-corrected chi connectivity index (χ4v) is 2.21. The second-order valence-corrected chi connectivity index (χ2v) is 4.66. The van der Waals surface area contributed by atoms with Gasteiger partial charge in [-0.25, -0.2) is 0 Å². The number of fused-ring (bicyclic) bond motifs is 1. The Hall–Kier alpha value is -2.22. The van der Waals surface area contributed by atoms with E-state index in [9.17, 15) is 0 Å². The minimum absolute atomic E-state index is 0.710. The molecule has 0 aliphatic carbocycles. The molecule has 0 fully saturated rings. The van der Waals surface area contributed by atoms with Gasteiger partial charge in [-0.05, 0) is 36.2 Å². The Morgan fingerprint density at radius 1 is 1.00 bits per heavy atom. The summed E-state index contributed by atoms with van der Waals surface area (Å²) >= 11 is 0. The van der Waals surface area contributed by atoms with Gasteiger partial charge in [0.2, 0.25) is 0 Å². The summed E-state index contributed by atoms with van der Waals surface area (Å²) < 4.78 is 5.78. The lowest BCUT2D eigenvalue weighted by Gasteiger charge is -2.05. The van der Waals surface area contributed by atoms with Crippen molar-refractivity contribution in [3.8, 4) is 0 Å². The quantitative estimate of drug-likeness (QED) is 0.732. The molecule has 2 nitrogen and oxygen atoms in total. The van der Waals surface area contributed by atoms with Crippen molar-refractivity contribution < 1.29 is 4.42 Å². The Labute approximate surface area is 113 Å². The number of benzene rings is 2. The van der Waals surface area contributed by atoms with Gasteiger partial charge in [0, 0.05) is 11.1 Å². The minimum atomic E-state index is 0.710. The number of hydrogen-bond acceptors (Lipinski definition) is 2. The second-order valence-electron chi connectivity index (χ2n) is 4.66. The van der Waals surface area contributed by atoms with E-state index in [0.717, 1.165) is 28.8 Å². The van der Waals surface area contributed by atoms with Gasteiger partial charge in [-0.2, -0.15) is 0 Å². The smallest absolute Gasteiger partial charge is 0.134 e. The van der Waals surface area contributed by atoms with E-state index in [1.807, 2.05) is 18.2 Å². The van der Waals surface area contributed by atoms with E-state index in [1.54, 1.807) is 0 Å². The molecular weight excluding hydrogens is 234 g/mol. The van der Waals surface area contributed by atoms with Gasteiger partial charge in [-0.15, -0.1) is 0 Å². The summed E-state index contributed by atoms with van der Waals surface area (Å²) in [6, 6.07) is 18.7. The van der Waals surface area contributed by atoms with Gasteiger partial charge in [-0.3, -0.25) is 0 Å². The Morgan fingerprint density at radius 2 is 1.89 bits per heavy atom. The largest absolute Gasteiger partial charge is 0.459 e. The third kappa shape index (κ3) is 2.63. The standard InChI is InChI=1S/C17H17NO/c1-2-13-6-5-8-15(10-13)18-12-16-11-14-7-3-4-9-17(14)19-16/h3-11,18H,2,12H2,1H3. The van der Waals surface area contributed by atoms with E-state index < -0.39 is 0 Å². The van der Waals surface area contributed by atoms with Gasteiger partial charge in [0.25, 0.3) is 0 Å². The Bertz CT molecular complexity index is 651. The van der Waals surface area contributed by atoms with Crippen LogP contribution in [0.15, 0.2) is 59.0 Å². The zero-order chi connectivity index (χ0) is 13.1. The van der Waals surface area contributed by atoms with E-state index in [1.165, 1.54) is 5.56 Å². The normalized spacial score (nSPS) is 10.8. The summed E-state index contributed by atoms with van der Waals surface area (Å²) in [4.78, 5) is 0. The van der Waals surface area contributed by atoms with Gasteiger partial charge in [0.15, 0.2) is 0 Å². The molecule has 0 saturated carbocycles. The van der Waals surface area contributed by atoms with Crippen LogP contribution in [0, 0.1) is 0 Å². The lowest BCUT2D eigenvalue weighted by molar-refractivity contribution is 0.559. The number of hydrogen-bond donors (Lipinski definition) is 1. The highest BCUT2D eigenvalue weighted by Gasteiger charge is 2.02. The first-order valence-corrected chi connectivity index (χ1v) is 6.65. The molecule has 3 rings (SSSR count). The number of anilines is 1. The first kappa shape index (κ1) is 11.8. The molecule has 3 aromatic rings. The zero-order valence-corrected chi connectivity index (χ0v) is 11.0. The minimum Gasteiger partial charge on any atom is -0.459 e. The van der Waals surface area contributed by atoms with Crippen LogP contribution in [0.3, 0.4) is 0 Å². The van der Waals surface area contributed by atoms with Crippen molar-refractivity contribution >= 4 is 16.7 Å². The van der Waals surface area contributed by atoms with Crippen LogP contribution in [0.2, 0.25) is 0 Å². The molecule has 0 aliphatic heterocycles. The summed E-state index contributed by atoms with van der Waals surface area (Å²) in [7, 11) is 0. The van der Waals surface area contributed by atoms with Crippen LogP contribution in [0.4, 0.5) is 5.69 Å². The van der Waals surface area contributed by atoms with Crippen LogP contribution < -0.4 is 5.32 Å². The molecule has 19 heavy (non-hydrogen) atoms. The summed E-state index contributed by atoms with van der Waals surface area (Å²) in [6.07, 6.45) is 1.06. The van der Waals surface area contributed by atoms with Crippen molar-refractivity contribution in [2.75, 3.05) is 5.32 Å². The van der Waals surface area contributed by atoms with Gasteiger partial charge in [0.1, 0.15) is 11.3 Å². The number of nitrogens with one attached hydrogen (secondary N) is 1. The molecule has 0 radical (unpaired) electrons. The Kier molecular flexibility index (Phi) is 3.23. The van der Waals surface area contributed by atoms with E-state index in [-0.39, 0.29) is 0 Å². The van der Waals surface area contributed by atoms with E-state index >= 15 is 0 Å². The van der Waals surface area contributed by atoms with Crippen molar-refractivity contribution in [2.45, 2.75) is 19.9 Å². The Balaban J connectivity index is 1.74. The molecule has 0 amide bonds. The maximum absolute atomic E-state index is 5.78. The number of para-hydroxylation sites is 1. The van der Waals surface area contributed by atoms with Gasteiger partial charge in [-0.1, -0.05) is 37.3 Å². The zero-order valence-electron chi connectivity index (χ0n) is 11.0. The highest BCUT2D eigenvalue weighted by Crippen LogP contribution is 2.20. The maximum atomic E-state index is 5.78. The van der Waals surface area contributed by atoms with Crippen molar-refractivity contribution in [3.05, 3.63) is 65.9 Å². The second kappa shape index (κ2) is 5.19. The first-order chi connectivity index (χ1) is 9.35. The molecular formula is C17H17NO. The van der Waals surface area contributed by atoms with Crippen LogP contribution >= 0.6 is 0 Å². The molecule has 0 saturated heterocycles. The van der Waals surface area contributed by atoms with E-state index in [0.29, 0.717) is 6.54 Å². The molecule has 0 atom stereocenters. The van der Waals surface area contributed by atoms with Crippen molar-refractivity contribution in [2.24, 2.45) is 0 Å². The van der Waals surface area contributed by atoms with Crippen molar-refractivity contribution in [1.82, 2.24) is 0 Å². The van der Waals surface area contributed by atoms with Crippen molar-refractivity contribution in [3.63, 3.8) is 0 Å². The first-order valence-electron chi connectivity index (χ1n) is 6.65. The lowest BCUT2D eigenvalue weighted by Crippen LogP contribution is -1.98. The van der Waals surface area contributed by atoms with Gasteiger partial charge < -0.3 is 9.73 Å². The highest BCUT2D eigenvalue weighted by atomic mass is 16.3. The van der Waals surface area contributed by atoms with Gasteiger partial charge in [0.05, 0.1) is 6.54 Å². The molecule has 0 unspecified atom stereocenters. The van der Waals surface area contributed by atoms with E-state index in [4.69, 9.17) is 4.42 Å². The van der Waals surface area contributed by atoms with Crippen LogP contribution in [-0.4, -0.2) is 0 Å². The van der Waals surface area contributed by atoms with Crippen LogP contribution in [0.1, 0.15) is 18.2 Å². The molecule has 0 spiro atoms. The number of rotatable bonds is 4. The summed E-state index contributed by atoms with van der Waals surface area (Å²) in [6.45, 7) is 2.88. The molecule has 0 aliphatic rings. The fraction of sp³-hybridized carbons (Fsp3) is 0.176. The molecule has 96 valence electrons. The third-order valence-corrected chi connectivity index (χ3v) is 3.28. The molecule has 2 aromatic carbocycles. The van der Waals surface area contributed by atoms with E-state index in [2.05, 4.69) is 48.6 Å². The van der Waals surface area contributed by atoms with Gasteiger partial charge >= 0.3 is 0 Å². The fourth-order valence-electron chi connectivity index (χ4n) is 2.21. The predicted molar refractivity (Wildman–Crippen MR) is 79.4 cm³/mol. The summed E-state index contributed by atoms with van der Waals surface area (Å²) in [5.41, 5.74) is 3.43. The molecule has 1 N–H and O–H groups in total. The maximum Gasteiger partial charge on any atom is 0.134 e. The monoisotopic (exact) mass is 251 g/mol. The predicted octanol–water partition coefficient (Wildman–Crippen LogP) is 4.61. The number of aryl methyl sites for hydroxylation is 1. The average Bonchev–Trinajstić information content (AvgIpc) is 2.88. The molecule has 2 heteroatoms. The van der Waals surface area contributed by atoms with Crippen LogP contribution in [-0.2, 0) is 13.0 Å². The third-order valence-electron chi connectivity index (χ3n) is 3.28. The van der Waals surface area contributed by atoms with Crippen molar-refractivity contribution in [1.29, 1.82) is 0 Å². The molecule has 0 bridgehead atoms. The molecule has 1 aromatic heterocycles. The SMILES string of the molecule is CCc1cccc(NCc2cc3ccccc3o2)c1. The number of furan rings is 1.